The molecule has 0 spiro atoms. The number of nitrogens with zero attached hydrogens (tertiary/aromatic N) is 1. The molecule has 1 aromatic rings. The molecule has 0 bridgehead atoms. The Morgan fingerprint density at radius 2 is 2.05 bits per heavy atom. The second kappa shape index (κ2) is 9.80. The van der Waals surface area contributed by atoms with Gasteiger partial charge in [0.05, 0.1) is 19.4 Å². The van der Waals surface area contributed by atoms with Gasteiger partial charge < -0.3 is 9.47 Å². The van der Waals surface area contributed by atoms with E-state index in [1.165, 1.54) is 13.4 Å². The van der Waals surface area contributed by atoms with Gasteiger partial charge in [-0.1, -0.05) is 0 Å². The zero-order chi connectivity index (χ0) is 14.6. The third-order valence-corrected chi connectivity index (χ3v) is 2.63. The van der Waals surface area contributed by atoms with Crippen molar-refractivity contribution in [1.29, 1.82) is 0 Å². The van der Waals surface area contributed by atoms with Gasteiger partial charge in [-0.05, 0) is 43.5 Å². The van der Waals surface area contributed by atoms with Crippen LogP contribution in [0.3, 0.4) is 0 Å². The first kappa shape index (κ1) is 16.0. The number of aliphatic imine (C=N–C) groups is 1. The van der Waals surface area contributed by atoms with Crippen molar-refractivity contribution in [2.24, 2.45) is 4.99 Å². The molecule has 0 amide bonds. The van der Waals surface area contributed by atoms with E-state index in [0.29, 0.717) is 13.0 Å². The van der Waals surface area contributed by atoms with Gasteiger partial charge in [0.15, 0.2) is 0 Å². The molecule has 0 aliphatic rings. The lowest BCUT2D eigenvalue weighted by atomic mass is 10.2. The molecule has 0 saturated carbocycles. The number of carbonyl (C=O) groups excluding carboxylic acids is 1. The van der Waals surface area contributed by atoms with Gasteiger partial charge in [-0.25, -0.2) is 4.99 Å². The Hall–Kier alpha value is -2.08. The lowest BCUT2D eigenvalue weighted by molar-refractivity contribution is -0.140. The Balaban J connectivity index is 2.16. The number of hydroxylamine groups is 1. The lowest BCUT2D eigenvalue weighted by Gasteiger charge is -2.06. The molecule has 6 heteroatoms. The van der Waals surface area contributed by atoms with Crippen LogP contribution in [0.25, 0.3) is 0 Å². The van der Waals surface area contributed by atoms with Gasteiger partial charge in [0.25, 0.3) is 0 Å². The van der Waals surface area contributed by atoms with Gasteiger partial charge in [-0.15, -0.1) is 0 Å². The Kier molecular flexibility index (Phi) is 7.83. The zero-order valence-electron chi connectivity index (χ0n) is 11.5. The third-order valence-electron chi connectivity index (χ3n) is 2.63. The third kappa shape index (κ3) is 6.75. The normalized spacial score (nSPS) is 10.5. The molecule has 6 nitrogen and oxygen atoms in total. The molecule has 2 N–H and O–H groups in total. The van der Waals surface area contributed by atoms with E-state index in [1.54, 1.807) is 12.1 Å². The van der Waals surface area contributed by atoms with Gasteiger partial charge >= 0.3 is 5.97 Å². The van der Waals surface area contributed by atoms with E-state index in [-0.39, 0.29) is 5.97 Å². The fourth-order valence-corrected chi connectivity index (χ4v) is 1.57. The standard InChI is InChI=1S/C14H20N2O4/c1-19-14(17)5-3-2-4-10-20-13-8-6-12(7-9-13)15-11-16-18/h6-9,11,18H,2-5,10H2,1H3,(H,15,16). The lowest BCUT2D eigenvalue weighted by Crippen LogP contribution is -2.01. The first-order valence-corrected chi connectivity index (χ1v) is 6.48. The number of hydrogen-bond donors (Lipinski definition) is 2. The van der Waals surface area contributed by atoms with Crippen LogP contribution in [-0.2, 0) is 9.53 Å². The molecule has 0 fully saturated rings. The van der Waals surface area contributed by atoms with Gasteiger partial charge in [0, 0.05) is 6.42 Å². The fraction of sp³-hybridized carbons (Fsp3) is 0.429. The maximum atomic E-state index is 10.9. The molecule has 0 atom stereocenters. The minimum absolute atomic E-state index is 0.167. The van der Waals surface area contributed by atoms with Crippen molar-refractivity contribution in [3.05, 3.63) is 24.3 Å². The second-order valence-corrected chi connectivity index (χ2v) is 4.12. The molecule has 1 rings (SSSR count). The molecule has 0 radical (unpaired) electrons. The van der Waals surface area contributed by atoms with Crippen molar-refractivity contribution >= 4 is 18.0 Å². The minimum Gasteiger partial charge on any atom is -0.494 e. The van der Waals surface area contributed by atoms with E-state index in [1.807, 2.05) is 17.6 Å². The van der Waals surface area contributed by atoms with Gasteiger partial charge in [0.1, 0.15) is 12.1 Å². The molecule has 0 aliphatic carbocycles. The number of benzene rings is 1. The Morgan fingerprint density at radius 1 is 1.30 bits per heavy atom. The average molecular weight is 280 g/mol. The van der Waals surface area contributed by atoms with Crippen molar-refractivity contribution in [2.75, 3.05) is 13.7 Å². The van der Waals surface area contributed by atoms with Crippen LogP contribution >= 0.6 is 0 Å². The maximum absolute atomic E-state index is 10.9. The monoisotopic (exact) mass is 280 g/mol. The molecule has 110 valence electrons. The van der Waals surface area contributed by atoms with E-state index in [4.69, 9.17) is 9.94 Å². The van der Waals surface area contributed by atoms with Crippen LogP contribution in [0.15, 0.2) is 29.3 Å². The molecule has 0 aliphatic heterocycles. The number of methoxy groups -OCH3 is 1. The van der Waals surface area contributed by atoms with Gasteiger partial charge in [-0.3, -0.25) is 15.5 Å². The summed E-state index contributed by atoms with van der Waals surface area (Å²) in [5, 5.41) is 8.37. The predicted molar refractivity (Wildman–Crippen MR) is 75.5 cm³/mol. The number of esters is 1. The highest BCUT2D eigenvalue weighted by molar-refractivity contribution is 5.68. The highest BCUT2D eigenvalue weighted by Crippen LogP contribution is 2.17. The first-order valence-electron chi connectivity index (χ1n) is 6.48. The first-order chi connectivity index (χ1) is 9.76. The van der Waals surface area contributed by atoms with Gasteiger partial charge in [-0.2, -0.15) is 0 Å². The smallest absolute Gasteiger partial charge is 0.305 e. The summed E-state index contributed by atoms with van der Waals surface area (Å²) < 4.78 is 10.1. The summed E-state index contributed by atoms with van der Waals surface area (Å²) in [5.74, 6) is 0.605. The van der Waals surface area contributed by atoms with Crippen LogP contribution < -0.4 is 10.2 Å². The number of nitrogens with one attached hydrogen (secondary N) is 1. The Bertz CT molecular complexity index is 418. The predicted octanol–water partition coefficient (Wildman–Crippen LogP) is 2.44. The van der Waals surface area contributed by atoms with E-state index >= 15 is 0 Å². The summed E-state index contributed by atoms with van der Waals surface area (Å²) >= 11 is 0. The fourth-order valence-electron chi connectivity index (χ4n) is 1.57. The topological polar surface area (TPSA) is 80.2 Å². The van der Waals surface area contributed by atoms with Crippen LogP contribution in [0.4, 0.5) is 5.69 Å². The number of hydrogen-bond acceptors (Lipinski definition) is 5. The quantitative estimate of drug-likeness (QED) is 0.239. The van der Waals surface area contributed by atoms with E-state index in [0.717, 1.165) is 30.7 Å². The van der Waals surface area contributed by atoms with Crippen LogP contribution in [0.1, 0.15) is 25.7 Å². The van der Waals surface area contributed by atoms with Crippen molar-refractivity contribution in [3.8, 4) is 5.75 Å². The highest BCUT2D eigenvalue weighted by Gasteiger charge is 1.99. The maximum Gasteiger partial charge on any atom is 0.305 e. The molecule has 1 aromatic carbocycles. The van der Waals surface area contributed by atoms with Crippen LogP contribution in [-0.4, -0.2) is 31.2 Å². The minimum atomic E-state index is -0.167. The summed E-state index contributed by atoms with van der Waals surface area (Å²) in [6.45, 7) is 0.613. The summed E-state index contributed by atoms with van der Waals surface area (Å²) in [7, 11) is 1.40. The number of rotatable bonds is 9. The summed E-state index contributed by atoms with van der Waals surface area (Å²) in [4.78, 5) is 14.8. The SMILES string of the molecule is COC(=O)CCCCCOc1ccc(N=CNO)cc1. The van der Waals surface area contributed by atoms with E-state index < -0.39 is 0 Å². The summed E-state index contributed by atoms with van der Waals surface area (Å²) in [5.41, 5.74) is 2.56. The van der Waals surface area contributed by atoms with Gasteiger partial charge in [0.2, 0.25) is 0 Å². The Morgan fingerprint density at radius 3 is 2.70 bits per heavy atom. The zero-order valence-corrected chi connectivity index (χ0v) is 11.5. The second-order valence-electron chi connectivity index (χ2n) is 4.12. The van der Waals surface area contributed by atoms with E-state index in [2.05, 4.69) is 9.73 Å². The van der Waals surface area contributed by atoms with Crippen molar-refractivity contribution in [2.45, 2.75) is 25.7 Å². The number of carbonyl (C=O) groups is 1. The number of unbranched alkanes of at least 4 members (excludes halogenated alkanes) is 2. The number of ether oxygens (including phenoxy) is 2. The van der Waals surface area contributed by atoms with Crippen LogP contribution in [0.2, 0.25) is 0 Å². The molecular formula is C14H20N2O4. The van der Waals surface area contributed by atoms with E-state index in [9.17, 15) is 4.79 Å². The van der Waals surface area contributed by atoms with Crippen molar-refractivity contribution < 1.29 is 19.5 Å². The molecule has 0 heterocycles. The van der Waals surface area contributed by atoms with Crippen molar-refractivity contribution in [3.63, 3.8) is 0 Å². The van der Waals surface area contributed by atoms with Crippen molar-refractivity contribution in [1.82, 2.24) is 5.48 Å². The highest BCUT2D eigenvalue weighted by atomic mass is 16.5. The molecule has 0 saturated heterocycles. The molecule has 20 heavy (non-hydrogen) atoms. The molecular weight excluding hydrogens is 260 g/mol. The summed E-state index contributed by atoms with van der Waals surface area (Å²) in [6.07, 6.45) is 4.29. The molecule has 0 unspecified atom stereocenters. The van der Waals surface area contributed by atoms with Crippen LogP contribution in [0.5, 0.6) is 5.75 Å². The Labute approximate surface area is 118 Å². The molecule has 0 aromatic heterocycles. The summed E-state index contributed by atoms with van der Waals surface area (Å²) in [6, 6.07) is 7.22. The van der Waals surface area contributed by atoms with Crippen LogP contribution in [0, 0.1) is 0 Å². The largest absolute Gasteiger partial charge is 0.494 e. The average Bonchev–Trinajstić information content (AvgIpc) is 2.49.